The molecule has 0 rings (SSSR count). The molecule has 2 N–H and O–H groups in total. The molecular weight excluding hydrogens is 134 g/mol. The van der Waals surface area contributed by atoms with Crippen molar-refractivity contribution in [1.82, 2.24) is 0 Å². The van der Waals surface area contributed by atoms with Gasteiger partial charge < -0.3 is 5.73 Å². The molecule has 0 radical (unpaired) electrons. The summed E-state index contributed by atoms with van der Waals surface area (Å²) in [5.74, 6) is 1.23. The maximum atomic E-state index is 6.10. The fourth-order valence-corrected chi connectivity index (χ4v) is 1.24. The molecule has 68 valence electrons. The van der Waals surface area contributed by atoms with E-state index in [0.29, 0.717) is 17.9 Å². The molecule has 0 heterocycles. The molecule has 0 aliphatic carbocycles. The Bertz CT molecular complexity index is 114. The smallest absolute Gasteiger partial charge is 0.0116 e. The van der Waals surface area contributed by atoms with Gasteiger partial charge in [-0.25, -0.2) is 0 Å². The Morgan fingerprint density at radius 2 is 1.36 bits per heavy atom. The highest BCUT2D eigenvalue weighted by Gasteiger charge is 2.31. The molecule has 0 aromatic carbocycles. The van der Waals surface area contributed by atoms with Crippen molar-refractivity contribution in [2.45, 2.75) is 47.6 Å². The number of rotatable bonds is 3. The molecular formula is C10H23N. The second-order valence-electron chi connectivity index (χ2n) is 4.75. The third-order valence-electron chi connectivity index (χ3n) is 3.07. The molecule has 0 saturated heterocycles. The fraction of sp³-hybridized carbons (Fsp3) is 1.00. The molecule has 0 aliphatic heterocycles. The van der Waals surface area contributed by atoms with Crippen LogP contribution in [-0.4, -0.2) is 6.04 Å². The van der Waals surface area contributed by atoms with Gasteiger partial charge in [0, 0.05) is 6.04 Å². The van der Waals surface area contributed by atoms with Crippen LogP contribution in [0.5, 0.6) is 0 Å². The maximum absolute atomic E-state index is 6.10. The van der Waals surface area contributed by atoms with E-state index < -0.39 is 0 Å². The summed E-state index contributed by atoms with van der Waals surface area (Å²) in [5, 5.41) is 0. The SMILES string of the molecule is CC(C)C(N)C(C)(C)C(C)C. The lowest BCUT2D eigenvalue weighted by molar-refractivity contribution is 0.160. The van der Waals surface area contributed by atoms with E-state index in [1.165, 1.54) is 0 Å². The van der Waals surface area contributed by atoms with Crippen LogP contribution in [-0.2, 0) is 0 Å². The molecule has 1 unspecified atom stereocenters. The molecule has 0 aromatic rings. The van der Waals surface area contributed by atoms with E-state index in [-0.39, 0.29) is 5.41 Å². The van der Waals surface area contributed by atoms with Crippen LogP contribution < -0.4 is 5.73 Å². The predicted molar refractivity (Wildman–Crippen MR) is 51.4 cm³/mol. The largest absolute Gasteiger partial charge is 0.327 e. The highest BCUT2D eigenvalue weighted by molar-refractivity contribution is 4.85. The molecule has 0 aromatic heterocycles. The molecule has 11 heavy (non-hydrogen) atoms. The van der Waals surface area contributed by atoms with Gasteiger partial charge in [0.1, 0.15) is 0 Å². The summed E-state index contributed by atoms with van der Waals surface area (Å²) in [6, 6.07) is 0.308. The Hall–Kier alpha value is -0.0400. The highest BCUT2D eigenvalue weighted by Crippen LogP contribution is 2.32. The standard InChI is InChI=1S/C10H23N/c1-7(2)9(11)10(5,6)8(3)4/h7-9H,11H2,1-6H3. The van der Waals surface area contributed by atoms with Crippen LogP contribution in [0.1, 0.15) is 41.5 Å². The predicted octanol–water partition coefficient (Wildman–Crippen LogP) is 2.65. The van der Waals surface area contributed by atoms with Crippen molar-refractivity contribution in [1.29, 1.82) is 0 Å². The van der Waals surface area contributed by atoms with Gasteiger partial charge in [0.05, 0.1) is 0 Å². The van der Waals surface area contributed by atoms with E-state index in [0.717, 1.165) is 0 Å². The van der Waals surface area contributed by atoms with Gasteiger partial charge >= 0.3 is 0 Å². The van der Waals surface area contributed by atoms with Gasteiger partial charge in [-0.2, -0.15) is 0 Å². The zero-order chi connectivity index (χ0) is 9.23. The van der Waals surface area contributed by atoms with Crippen LogP contribution in [0, 0.1) is 17.3 Å². The van der Waals surface area contributed by atoms with Gasteiger partial charge in [-0.05, 0) is 17.3 Å². The minimum atomic E-state index is 0.258. The Labute approximate surface area is 71.4 Å². The Morgan fingerprint density at radius 3 is 1.45 bits per heavy atom. The first-order valence-corrected chi connectivity index (χ1v) is 4.55. The fourth-order valence-electron chi connectivity index (χ4n) is 1.24. The van der Waals surface area contributed by atoms with Gasteiger partial charge in [0.15, 0.2) is 0 Å². The zero-order valence-electron chi connectivity index (χ0n) is 8.81. The van der Waals surface area contributed by atoms with Crippen molar-refractivity contribution < 1.29 is 0 Å². The number of nitrogens with two attached hydrogens (primary N) is 1. The molecule has 0 amide bonds. The first-order chi connectivity index (χ1) is 4.80. The normalized spacial score (nSPS) is 16.1. The van der Waals surface area contributed by atoms with Crippen molar-refractivity contribution in [3.05, 3.63) is 0 Å². The highest BCUT2D eigenvalue weighted by atomic mass is 14.7. The summed E-state index contributed by atoms with van der Waals surface area (Å²) >= 11 is 0. The number of hydrogen-bond donors (Lipinski definition) is 1. The second-order valence-corrected chi connectivity index (χ2v) is 4.75. The van der Waals surface area contributed by atoms with Crippen molar-refractivity contribution in [3.8, 4) is 0 Å². The van der Waals surface area contributed by atoms with Gasteiger partial charge in [-0.1, -0.05) is 41.5 Å². The lowest BCUT2D eigenvalue weighted by atomic mass is 9.71. The average molecular weight is 157 g/mol. The van der Waals surface area contributed by atoms with Gasteiger partial charge in [0.2, 0.25) is 0 Å². The van der Waals surface area contributed by atoms with E-state index in [2.05, 4.69) is 41.5 Å². The minimum absolute atomic E-state index is 0.258. The third-order valence-corrected chi connectivity index (χ3v) is 3.07. The molecule has 0 bridgehead atoms. The van der Waals surface area contributed by atoms with Crippen LogP contribution in [0.2, 0.25) is 0 Å². The first kappa shape index (κ1) is 11.0. The Kier molecular flexibility index (Phi) is 3.56. The average Bonchev–Trinajstić information content (AvgIpc) is 1.85. The quantitative estimate of drug-likeness (QED) is 0.669. The summed E-state index contributed by atoms with van der Waals surface area (Å²) in [6.07, 6.45) is 0. The van der Waals surface area contributed by atoms with Crippen LogP contribution in [0.15, 0.2) is 0 Å². The van der Waals surface area contributed by atoms with Gasteiger partial charge in [0.25, 0.3) is 0 Å². The van der Waals surface area contributed by atoms with Crippen LogP contribution in [0.25, 0.3) is 0 Å². The van der Waals surface area contributed by atoms with Gasteiger partial charge in [-0.3, -0.25) is 0 Å². The maximum Gasteiger partial charge on any atom is 0.0116 e. The molecule has 1 atom stereocenters. The van der Waals surface area contributed by atoms with Crippen molar-refractivity contribution in [2.24, 2.45) is 23.0 Å². The van der Waals surface area contributed by atoms with E-state index in [1.54, 1.807) is 0 Å². The van der Waals surface area contributed by atoms with E-state index in [1.807, 2.05) is 0 Å². The van der Waals surface area contributed by atoms with E-state index in [4.69, 9.17) is 5.73 Å². The van der Waals surface area contributed by atoms with E-state index in [9.17, 15) is 0 Å². The second kappa shape index (κ2) is 3.57. The lowest BCUT2D eigenvalue weighted by Crippen LogP contribution is -2.44. The molecule has 0 saturated carbocycles. The summed E-state index contributed by atoms with van der Waals surface area (Å²) in [5.41, 5.74) is 6.35. The van der Waals surface area contributed by atoms with Crippen molar-refractivity contribution in [2.75, 3.05) is 0 Å². The van der Waals surface area contributed by atoms with Crippen LogP contribution in [0.4, 0.5) is 0 Å². The monoisotopic (exact) mass is 157 g/mol. The summed E-state index contributed by atoms with van der Waals surface area (Å²) < 4.78 is 0. The minimum Gasteiger partial charge on any atom is -0.327 e. The molecule has 0 aliphatic rings. The topological polar surface area (TPSA) is 26.0 Å². The summed E-state index contributed by atoms with van der Waals surface area (Å²) in [7, 11) is 0. The van der Waals surface area contributed by atoms with Crippen LogP contribution >= 0.6 is 0 Å². The Morgan fingerprint density at radius 1 is 1.00 bits per heavy atom. The summed E-state index contributed by atoms with van der Waals surface area (Å²) in [6.45, 7) is 13.4. The Balaban J connectivity index is 4.29. The summed E-state index contributed by atoms with van der Waals surface area (Å²) in [4.78, 5) is 0. The van der Waals surface area contributed by atoms with Crippen molar-refractivity contribution >= 4 is 0 Å². The first-order valence-electron chi connectivity index (χ1n) is 4.55. The van der Waals surface area contributed by atoms with Crippen LogP contribution in [0.3, 0.4) is 0 Å². The van der Waals surface area contributed by atoms with E-state index >= 15 is 0 Å². The molecule has 1 nitrogen and oxygen atoms in total. The zero-order valence-corrected chi connectivity index (χ0v) is 8.81. The van der Waals surface area contributed by atoms with Crippen molar-refractivity contribution in [3.63, 3.8) is 0 Å². The number of hydrogen-bond acceptors (Lipinski definition) is 1. The third kappa shape index (κ3) is 2.48. The molecule has 0 spiro atoms. The van der Waals surface area contributed by atoms with Gasteiger partial charge in [-0.15, -0.1) is 0 Å². The molecule has 0 fully saturated rings. The lowest BCUT2D eigenvalue weighted by Gasteiger charge is -2.38. The molecule has 1 heteroatoms.